The number of hydrogen-bond donors (Lipinski definition) is 4. The van der Waals surface area contributed by atoms with Gasteiger partial charge in [0, 0.05) is 36.6 Å². The monoisotopic (exact) mass is 534 g/mol. The first-order valence-corrected chi connectivity index (χ1v) is 12.2. The number of methoxy groups -OCH3 is 3. The second kappa shape index (κ2) is 11.9. The van der Waals surface area contributed by atoms with Crippen LogP contribution in [0.1, 0.15) is 0 Å². The Bertz CT molecular complexity index is 1250. The van der Waals surface area contributed by atoms with Crippen molar-refractivity contribution in [1.29, 1.82) is 0 Å². The third-order valence-corrected chi connectivity index (χ3v) is 5.89. The maximum absolute atomic E-state index is 14.7. The van der Waals surface area contributed by atoms with Crippen LogP contribution in [0.4, 0.5) is 38.9 Å². The summed E-state index contributed by atoms with van der Waals surface area (Å²) in [6.45, 7) is 2.54. The number of benzene rings is 2. The summed E-state index contributed by atoms with van der Waals surface area (Å²) in [7, 11) is 4.48. The minimum Gasteiger partial charge on any atom is -0.493 e. The predicted molar refractivity (Wildman–Crippen MR) is 139 cm³/mol. The van der Waals surface area contributed by atoms with E-state index in [1.54, 1.807) is 24.3 Å². The van der Waals surface area contributed by atoms with Gasteiger partial charge in [-0.2, -0.15) is 4.98 Å². The maximum Gasteiger partial charge on any atom is 0.259 e. The van der Waals surface area contributed by atoms with E-state index >= 15 is 0 Å². The quantitative estimate of drug-likeness (QED) is 0.284. The number of ether oxygens (including phenoxy) is 4. The van der Waals surface area contributed by atoms with Gasteiger partial charge in [0.2, 0.25) is 11.7 Å². The summed E-state index contributed by atoms with van der Waals surface area (Å²) >= 11 is -2.35. The van der Waals surface area contributed by atoms with E-state index in [1.807, 2.05) is 6.07 Å². The number of halogens is 1. The van der Waals surface area contributed by atoms with Crippen LogP contribution in [-0.4, -0.2) is 66.4 Å². The van der Waals surface area contributed by atoms with Crippen LogP contribution in [0.15, 0.2) is 36.5 Å². The Labute approximate surface area is 215 Å². The topological polar surface area (TPSA) is 139 Å². The van der Waals surface area contributed by atoms with Gasteiger partial charge in [-0.3, -0.25) is 9.27 Å². The Kier molecular flexibility index (Phi) is 8.43. The van der Waals surface area contributed by atoms with Crippen LogP contribution in [0.2, 0.25) is 0 Å². The molecule has 198 valence electrons. The highest BCUT2D eigenvalue weighted by atomic mass is 32.2. The lowest BCUT2D eigenvalue weighted by Crippen LogP contribution is -2.36. The normalized spacial score (nSPS) is 14.0. The minimum atomic E-state index is -2.35. The molecular weight excluding hydrogens is 507 g/mol. The molecule has 1 aliphatic rings. The molecule has 0 aliphatic carbocycles. The molecule has 1 saturated heterocycles. The van der Waals surface area contributed by atoms with E-state index in [9.17, 15) is 13.2 Å². The van der Waals surface area contributed by atoms with Crippen molar-refractivity contribution < 1.29 is 32.1 Å². The zero-order valence-electron chi connectivity index (χ0n) is 20.4. The first-order valence-electron chi connectivity index (χ1n) is 11.1. The smallest absolute Gasteiger partial charge is 0.259 e. The second-order valence-electron chi connectivity index (χ2n) is 7.73. The number of morpholine rings is 1. The van der Waals surface area contributed by atoms with Gasteiger partial charge < -0.3 is 34.5 Å². The molecule has 1 atom stereocenters. The third kappa shape index (κ3) is 6.28. The SMILES string of the molecule is COc1cc(Nc2ncc(F)c(Nc3ccc(N4CCOCC4)cc3NS(=O)O)n2)cc(OC)c1OC. The van der Waals surface area contributed by atoms with Crippen molar-refractivity contribution in [2.45, 2.75) is 0 Å². The Morgan fingerprint density at radius 1 is 1.03 bits per heavy atom. The summed E-state index contributed by atoms with van der Waals surface area (Å²) in [5.41, 5.74) is 1.98. The van der Waals surface area contributed by atoms with Crippen LogP contribution in [0, 0.1) is 5.82 Å². The van der Waals surface area contributed by atoms with Gasteiger partial charge in [-0.15, -0.1) is 0 Å². The Morgan fingerprint density at radius 3 is 2.35 bits per heavy atom. The summed E-state index contributed by atoms with van der Waals surface area (Å²) in [4.78, 5) is 10.3. The highest BCUT2D eigenvalue weighted by molar-refractivity contribution is 7.80. The van der Waals surface area contributed by atoms with Crippen molar-refractivity contribution in [1.82, 2.24) is 9.97 Å². The van der Waals surface area contributed by atoms with Crippen molar-refractivity contribution in [2.24, 2.45) is 0 Å². The molecule has 1 aliphatic heterocycles. The van der Waals surface area contributed by atoms with Gasteiger partial charge in [0.15, 0.2) is 23.1 Å². The lowest BCUT2D eigenvalue weighted by molar-refractivity contribution is 0.122. The van der Waals surface area contributed by atoms with Crippen molar-refractivity contribution in [3.63, 3.8) is 0 Å². The number of anilines is 6. The van der Waals surface area contributed by atoms with Crippen LogP contribution in [0.3, 0.4) is 0 Å². The standard InChI is InChI=1S/C23H27FN6O6S/c1-33-19-10-14(11-20(34-2)21(19)35-3)26-23-25-13-16(24)22(28-23)27-17-5-4-15(12-18(17)29-37(31)32)30-6-8-36-9-7-30/h4-5,10-13,29H,6-9H2,1-3H3,(H,31,32)(H2,25,26,27,28). The zero-order valence-corrected chi connectivity index (χ0v) is 21.2. The first-order chi connectivity index (χ1) is 17.9. The van der Waals surface area contributed by atoms with Crippen LogP contribution in [0.25, 0.3) is 0 Å². The van der Waals surface area contributed by atoms with Crippen LogP contribution in [-0.2, 0) is 16.0 Å². The van der Waals surface area contributed by atoms with E-state index in [0.717, 1.165) is 11.9 Å². The lowest BCUT2D eigenvalue weighted by atomic mass is 10.2. The highest BCUT2D eigenvalue weighted by Gasteiger charge is 2.17. The van der Waals surface area contributed by atoms with Gasteiger partial charge in [-0.25, -0.2) is 13.6 Å². The highest BCUT2D eigenvalue weighted by Crippen LogP contribution is 2.40. The summed E-state index contributed by atoms with van der Waals surface area (Å²) in [5.74, 6) is 0.471. The van der Waals surface area contributed by atoms with Crippen LogP contribution >= 0.6 is 0 Å². The number of rotatable bonds is 10. The first kappa shape index (κ1) is 26.2. The van der Waals surface area contributed by atoms with Crippen molar-refractivity contribution >= 4 is 45.8 Å². The number of nitrogens with zero attached hydrogens (tertiary/aromatic N) is 3. The number of aromatic nitrogens is 2. The molecule has 0 bridgehead atoms. The molecule has 12 nitrogen and oxygen atoms in total. The van der Waals surface area contributed by atoms with Gasteiger partial charge in [-0.1, -0.05) is 0 Å². The fourth-order valence-electron chi connectivity index (χ4n) is 3.76. The molecule has 14 heteroatoms. The number of hydrogen-bond acceptors (Lipinski definition) is 10. The summed E-state index contributed by atoms with van der Waals surface area (Å²) in [5, 5.41) is 5.87. The van der Waals surface area contributed by atoms with Gasteiger partial charge in [0.25, 0.3) is 11.3 Å². The molecule has 3 aromatic rings. The lowest BCUT2D eigenvalue weighted by Gasteiger charge is -2.29. The molecule has 0 saturated carbocycles. The largest absolute Gasteiger partial charge is 0.493 e. The molecule has 0 spiro atoms. The van der Waals surface area contributed by atoms with Crippen LogP contribution < -0.4 is 34.5 Å². The molecule has 2 aromatic carbocycles. The molecule has 4 rings (SSSR count). The van der Waals surface area contributed by atoms with Gasteiger partial charge in [-0.05, 0) is 18.2 Å². The molecule has 1 aromatic heterocycles. The van der Waals surface area contributed by atoms with Gasteiger partial charge in [0.05, 0.1) is 52.1 Å². The van der Waals surface area contributed by atoms with Gasteiger partial charge >= 0.3 is 0 Å². The zero-order chi connectivity index (χ0) is 26.4. The van der Waals surface area contributed by atoms with Crippen molar-refractivity contribution in [2.75, 3.05) is 67.9 Å². The number of nitrogens with one attached hydrogen (secondary N) is 3. The summed E-state index contributed by atoms with van der Waals surface area (Å²) < 4.78 is 59.5. The Morgan fingerprint density at radius 2 is 1.73 bits per heavy atom. The second-order valence-corrected chi connectivity index (χ2v) is 8.44. The summed E-state index contributed by atoms with van der Waals surface area (Å²) in [6.07, 6.45) is 1.01. The average molecular weight is 535 g/mol. The van der Waals surface area contributed by atoms with E-state index in [-0.39, 0.29) is 11.8 Å². The Hall–Kier alpha value is -3.88. The molecule has 37 heavy (non-hydrogen) atoms. The molecule has 0 radical (unpaired) electrons. The van der Waals surface area contributed by atoms with Crippen molar-refractivity contribution in [3.8, 4) is 17.2 Å². The Balaban J connectivity index is 1.61. The molecule has 1 fully saturated rings. The molecule has 0 amide bonds. The average Bonchev–Trinajstić information content (AvgIpc) is 2.91. The van der Waals surface area contributed by atoms with E-state index < -0.39 is 17.1 Å². The summed E-state index contributed by atoms with van der Waals surface area (Å²) in [6, 6.07) is 8.52. The minimum absolute atomic E-state index is 0.0864. The fraction of sp³-hybridized carbons (Fsp3) is 0.304. The third-order valence-electron chi connectivity index (χ3n) is 5.49. The fourth-order valence-corrected chi connectivity index (χ4v) is 4.12. The molecule has 4 N–H and O–H groups in total. The maximum atomic E-state index is 14.7. The molecule has 2 heterocycles. The van der Waals surface area contributed by atoms with Gasteiger partial charge in [0.1, 0.15) is 0 Å². The van der Waals surface area contributed by atoms with Crippen molar-refractivity contribution in [3.05, 3.63) is 42.3 Å². The van der Waals surface area contributed by atoms with E-state index in [4.69, 9.17) is 18.9 Å². The van der Waals surface area contributed by atoms with E-state index in [2.05, 4.69) is 30.2 Å². The predicted octanol–water partition coefficient (Wildman–Crippen LogP) is 3.51. The molecular formula is C23H27FN6O6S. The van der Waals surface area contributed by atoms with E-state index in [1.165, 1.54) is 21.3 Å². The molecule has 1 unspecified atom stereocenters. The van der Waals surface area contributed by atoms with E-state index in [0.29, 0.717) is 60.6 Å². The van der Waals surface area contributed by atoms with Crippen LogP contribution in [0.5, 0.6) is 17.2 Å².